The van der Waals surface area contributed by atoms with Crippen LogP contribution in [-0.2, 0) is 4.74 Å². The molecule has 1 amide bonds. The Bertz CT molecular complexity index is 803. The molecule has 0 saturated heterocycles. The number of hydrogen-bond donors (Lipinski definition) is 2. The van der Waals surface area contributed by atoms with E-state index in [9.17, 15) is 9.59 Å². The second-order valence-electron chi connectivity index (χ2n) is 7.61. The molecule has 0 spiro atoms. The van der Waals surface area contributed by atoms with Gasteiger partial charge >= 0.3 is 12.1 Å². The molecule has 0 aliphatic heterocycles. The number of rotatable bonds is 3. The summed E-state index contributed by atoms with van der Waals surface area (Å²) in [5, 5.41) is 13.0. The Kier molecular flexibility index (Phi) is 4.45. The molecule has 1 aliphatic rings. The average Bonchev–Trinajstić information content (AvgIpc) is 3.10. The Morgan fingerprint density at radius 3 is 2.68 bits per heavy atom. The van der Waals surface area contributed by atoms with Gasteiger partial charge in [-0.2, -0.15) is 0 Å². The van der Waals surface area contributed by atoms with E-state index in [2.05, 4.69) is 9.88 Å². The molecule has 25 heavy (non-hydrogen) atoms. The maximum absolute atomic E-state index is 11.9. The normalized spacial score (nSPS) is 20.6. The third-order valence-electron chi connectivity index (χ3n) is 4.49. The van der Waals surface area contributed by atoms with Crippen LogP contribution in [0.5, 0.6) is 0 Å². The van der Waals surface area contributed by atoms with Crippen LogP contribution in [-0.4, -0.2) is 33.4 Å². The van der Waals surface area contributed by atoms with E-state index in [0.29, 0.717) is 5.56 Å². The van der Waals surface area contributed by atoms with E-state index in [1.54, 1.807) is 12.1 Å². The van der Waals surface area contributed by atoms with E-state index < -0.39 is 11.6 Å². The fraction of sp³-hybridized carbons (Fsp3) is 0.474. The number of carbonyl (C=O) groups is 2. The van der Waals surface area contributed by atoms with Crippen molar-refractivity contribution in [2.45, 2.75) is 57.7 Å². The first kappa shape index (κ1) is 17.3. The summed E-state index contributed by atoms with van der Waals surface area (Å²) in [6, 6.07) is 7.50. The molecule has 0 radical (unpaired) electrons. The van der Waals surface area contributed by atoms with Gasteiger partial charge in [-0.05, 0) is 64.3 Å². The minimum absolute atomic E-state index is 0.0931. The average molecular weight is 344 g/mol. The molecule has 1 unspecified atom stereocenters. The summed E-state index contributed by atoms with van der Waals surface area (Å²) in [7, 11) is 0. The van der Waals surface area contributed by atoms with Crippen molar-refractivity contribution >= 4 is 23.0 Å². The molecule has 134 valence electrons. The third kappa shape index (κ3) is 3.95. The van der Waals surface area contributed by atoms with Gasteiger partial charge in [-0.3, -0.25) is 0 Å². The van der Waals surface area contributed by atoms with Gasteiger partial charge in [0.1, 0.15) is 5.60 Å². The SMILES string of the molecule is CC(C)(C)OC(=O)N[C@@H]1CCC(n2ccc3cc(C(=O)O)ccc32)C1. The van der Waals surface area contributed by atoms with Gasteiger partial charge in [-0.25, -0.2) is 9.59 Å². The molecule has 3 rings (SSSR count). The van der Waals surface area contributed by atoms with Crippen molar-refractivity contribution in [3.8, 4) is 0 Å². The van der Waals surface area contributed by atoms with E-state index >= 15 is 0 Å². The molecule has 2 aromatic rings. The highest BCUT2D eigenvalue weighted by atomic mass is 16.6. The van der Waals surface area contributed by atoms with Crippen molar-refractivity contribution < 1.29 is 19.4 Å². The number of ether oxygens (including phenoxy) is 1. The van der Waals surface area contributed by atoms with Gasteiger partial charge in [0.25, 0.3) is 0 Å². The number of fused-ring (bicyclic) bond motifs is 1. The number of carboxylic acid groups (broad SMARTS) is 1. The molecule has 1 aliphatic carbocycles. The van der Waals surface area contributed by atoms with Gasteiger partial charge < -0.3 is 19.7 Å². The second kappa shape index (κ2) is 6.43. The van der Waals surface area contributed by atoms with E-state index in [-0.39, 0.29) is 18.2 Å². The molecular weight excluding hydrogens is 320 g/mol. The minimum Gasteiger partial charge on any atom is -0.478 e. The first-order chi connectivity index (χ1) is 11.7. The fourth-order valence-electron chi connectivity index (χ4n) is 3.43. The van der Waals surface area contributed by atoms with Crippen LogP contribution in [0.3, 0.4) is 0 Å². The number of nitrogens with zero attached hydrogens (tertiary/aromatic N) is 1. The first-order valence-corrected chi connectivity index (χ1v) is 8.56. The van der Waals surface area contributed by atoms with E-state index in [1.165, 1.54) is 0 Å². The van der Waals surface area contributed by atoms with Gasteiger partial charge in [-0.1, -0.05) is 0 Å². The number of carbonyl (C=O) groups excluding carboxylic acids is 1. The predicted octanol–water partition coefficient (Wildman–Crippen LogP) is 3.96. The van der Waals surface area contributed by atoms with Gasteiger partial charge in [0.05, 0.1) is 5.56 Å². The molecule has 6 heteroatoms. The largest absolute Gasteiger partial charge is 0.478 e. The van der Waals surface area contributed by atoms with Crippen molar-refractivity contribution in [3.05, 3.63) is 36.0 Å². The summed E-state index contributed by atoms with van der Waals surface area (Å²) in [5.41, 5.74) is 0.815. The number of alkyl carbamates (subject to hydrolysis) is 1. The van der Waals surface area contributed by atoms with Crippen molar-refractivity contribution in [2.24, 2.45) is 0 Å². The van der Waals surface area contributed by atoms with Crippen molar-refractivity contribution in [1.82, 2.24) is 9.88 Å². The number of hydrogen-bond acceptors (Lipinski definition) is 3. The summed E-state index contributed by atoms with van der Waals surface area (Å²) in [5.74, 6) is -0.919. The molecule has 6 nitrogen and oxygen atoms in total. The zero-order chi connectivity index (χ0) is 18.2. The number of nitrogens with one attached hydrogen (secondary N) is 1. The van der Waals surface area contributed by atoms with Crippen LogP contribution in [0.4, 0.5) is 4.79 Å². The molecule has 1 saturated carbocycles. The fourth-order valence-corrected chi connectivity index (χ4v) is 3.43. The number of carboxylic acids is 1. The molecule has 2 N–H and O–H groups in total. The van der Waals surface area contributed by atoms with Crippen molar-refractivity contribution in [1.29, 1.82) is 0 Å². The topological polar surface area (TPSA) is 80.6 Å². The minimum atomic E-state index is -0.919. The van der Waals surface area contributed by atoms with Crippen LogP contribution in [0.15, 0.2) is 30.5 Å². The standard InChI is InChI=1S/C19H24N2O4/c1-19(2,3)25-18(24)20-14-5-6-15(11-14)21-9-8-12-10-13(17(22)23)4-7-16(12)21/h4,7-10,14-15H,5-6,11H2,1-3H3,(H,20,24)(H,22,23)/t14-,15?/m1/s1. The predicted molar refractivity (Wildman–Crippen MR) is 94.9 cm³/mol. The third-order valence-corrected chi connectivity index (χ3v) is 4.49. The zero-order valence-corrected chi connectivity index (χ0v) is 14.8. The van der Waals surface area contributed by atoms with Crippen LogP contribution in [0.25, 0.3) is 10.9 Å². The molecule has 1 aromatic heterocycles. The highest BCUT2D eigenvalue weighted by molar-refractivity contribution is 5.93. The maximum atomic E-state index is 11.9. The Morgan fingerprint density at radius 2 is 2.00 bits per heavy atom. The number of aromatic carboxylic acids is 1. The second-order valence-corrected chi connectivity index (χ2v) is 7.61. The molecule has 0 bridgehead atoms. The van der Waals surface area contributed by atoms with Crippen LogP contribution in [0.1, 0.15) is 56.4 Å². The van der Waals surface area contributed by atoms with Crippen molar-refractivity contribution in [2.75, 3.05) is 0 Å². The molecular formula is C19H24N2O4. The summed E-state index contributed by atoms with van der Waals surface area (Å²) in [6.45, 7) is 5.55. The zero-order valence-electron chi connectivity index (χ0n) is 14.8. The highest BCUT2D eigenvalue weighted by Gasteiger charge is 2.29. The summed E-state index contributed by atoms with van der Waals surface area (Å²) >= 11 is 0. The lowest BCUT2D eigenvalue weighted by Gasteiger charge is -2.22. The van der Waals surface area contributed by atoms with E-state index in [0.717, 1.165) is 30.2 Å². The Morgan fingerprint density at radius 1 is 1.24 bits per heavy atom. The Labute approximate surface area is 146 Å². The Hall–Kier alpha value is -2.50. The van der Waals surface area contributed by atoms with Crippen molar-refractivity contribution in [3.63, 3.8) is 0 Å². The maximum Gasteiger partial charge on any atom is 0.407 e. The summed E-state index contributed by atoms with van der Waals surface area (Å²) in [4.78, 5) is 23.0. The summed E-state index contributed by atoms with van der Waals surface area (Å²) in [6.07, 6.45) is 4.32. The van der Waals surface area contributed by atoms with Gasteiger partial charge in [0, 0.05) is 29.2 Å². The first-order valence-electron chi connectivity index (χ1n) is 8.56. The summed E-state index contributed by atoms with van der Waals surface area (Å²) < 4.78 is 7.50. The molecule has 1 heterocycles. The van der Waals surface area contributed by atoms with Crippen LogP contribution >= 0.6 is 0 Å². The number of amides is 1. The molecule has 1 aromatic carbocycles. The van der Waals surface area contributed by atoms with E-state index in [4.69, 9.17) is 9.84 Å². The van der Waals surface area contributed by atoms with Gasteiger partial charge in [-0.15, -0.1) is 0 Å². The molecule has 2 atom stereocenters. The van der Waals surface area contributed by atoms with E-state index in [1.807, 2.05) is 39.1 Å². The monoisotopic (exact) mass is 344 g/mol. The molecule has 1 fully saturated rings. The highest BCUT2D eigenvalue weighted by Crippen LogP contribution is 2.33. The van der Waals surface area contributed by atoms with Gasteiger partial charge in [0.2, 0.25) is 0 Å². The quantitative estimate of drug-likeness (QED) is 0.883. The van der Waals surface area contributed by atoms with Crippen LogP contribution < -0.4 is 5.32 Å². The van der Waals surface area contributed by atoms with Crippen LogP contribution in [0, 0.1) is 0 Å². The lowest BCUT2D eigenvalue weighted by atomic mass is 10.1. The number of aromatic nitrogens is 1. The van der Waals surface area contributed by atoms with Crippen LogP contribution in [0.2, 0.25) is 0 Å². The smallest absolute Gasteiger partial charge is 0.407 e. The number of benzene rings is 1. The Balaban J connectivity index is 1.69. The van der Waals surface area contributed by atoms with Gasteiger partial charge in [0.15, 0.2) is 0 Å². The lowest BCUT2D eigenvalue weighted by Crippen LogP contribution is -2.38. The lowest BCUT2D eigenvalue weighted by molar-refractivity contribution is 0.0504.